The van der Waals surface area contributed by atoms with Crippen LogP contribution in [-0.2, 0) is 4.79 Å². The van der Waals surface area contributed by atoms with Gasteiger partial charge in [0, 0.05) is 26.2 Å². The first-order valence-electron chi connectivity index (χ1n) is 4.26. The number of hydrogen-bond acceptors (Lipinski definition) is 3. The molecule has 4 nitrogen and oxygen atoms in total. The van der Waals surface area contributed by atoms with Crippen LogP contribution in [0.1, 0.15) is 6.92 Å². The zero-order valence-corrected chi connectivity index (χ0v) is 7.66. The molecule has 1 heterocycles. The molecule has 12 heavy (non-hydrogen) atoms. The lowest BCUT2D eigenvalue weighted by atomic mass is 10.2. The molecule has 0 spiro atoms. The predicted molar refractivity (Wildman–Crippen MR) is 46.2 cm³/mol. The minimum atomic E-state index is -0.723. The number of carboxylic acid groups (broad SMARTS) is 1. The highest BCUT2D eigenvalue weighted by atomic mass is 16.4. The Morgan fingerprint density at radius 2 is 1.83 bits per heavy atom. The molecular weight excluding hydrogens is 156 g/mol. The lowest BCUT2D eigenvalue weighted by Crippen LogP contribution is -2.50. The maximum absolute atomic E-state index is 10.6. The third-order valence-electron chi connectivity index (χ3n) is 2.44. The summed E-state index contributed by atoms with van der Waals surface area (Å²) >= 11 is 0. The van der Waals surface area contributed by atoms with Gasteiger partial charge < -0.3 is 10.0 Å². The molecule has 0 radical (unpaired) electrons. The first kappa shape index (κ1) is 9.48. The molecule has 1 aliphatic rings. The van der Waals surface area contributed by atoms with Gasteiger partial charge in [-0.15, -0.1) is 0 Å². The van der Waals surface area contributed by atoms with Crippen LogP contribution < -0.4 is 0 Å². The monoisotopic (exact) mass is 172 g/mol. The van der Waals surface area contributed by atoms with Crippen LogP contribution in [0.5, 0.6) is 0 Å². The van der Waals surface area contributed by atoms with Gasteiger partial charge >= 0.3 is 5.97 Å². The SMILES string of the molecule is C[C@@H](C(=O)O)N1CCN(C)CC1. The average Bonchev–Trinajstić information content (AvgIpc) is 2.04. The van der Waals surface area contributed by atoms with Crippen molar-refractivity contribution in [1.29, 1.82) is 0 Å². The molecule has 0 bridgehead atoms. The largest absolute Gasteiger partial charge is 0.480 e. The van der Waals surface area contributed by atoms with Crippen LogP contribution in [-0.4, -0.2) is 60.1 Å². The van der Waals surface area contributed by atoms with E-state index in [2.05, 4.69) is 11.9 Å². The van der Waals surface area contributed by atoms with E-state index in [0.29, 0.717) is 0 Å². The van der Waals surface area contributed by atoms with Gasteiger partial charge in [0.1, 0.15) is 6.04 Å². The van der Waals surface area contributed by atoms with Crippen LogP contribution in [0.15, 0.2) is 0 Å². The van der Waals surface area contributed by atoms with Crippen LogP contribution >= 0.6 is 0 Å². The highest BCUT2D eigenvalue weighted by Gasteiger charge is 2.23. The van der Waals surface area contributed by atoms with Crippen molar-refractivity contribution in [3.05, 3.63) is 0 Å². The maximum Gasteiger partial charge on any atom is 0.320 e. The van der Waals surface area contributed by atoms with E-state index in [-0.39, 0.29) is 6.04 Å². The Bertz CT molecular complexity index is 164. The molecule has 0 unspecified atom stereocenters. The molecular formula is C8H16N2O2. The fraction of sp³-hybridized carbons (Fsp3) is 0.875. The van der Waals surface area contributed by atoms with Crippen LogP contribution in [0.2, 0.25) is 0 Å². The second-order valence-corrected chi connectivity index (χ2v) is 3.35. The summed E-state index contributed by atoms with van der Waals surface area (Å²) in [6.07, 6.45) is 0. The molecule has 0 aliphatic carbocycles. The molecule has 0 saturated carbocycles. The van der Waals surface area contributed by atoms with Crippen molar-refractivity contribution in [2.75, 3.05) is 33.2 Å². The lowest BCUT2D eigenvalue weighted by Gasteiger charge is -2.34. The van der Waals surface area contributed by atoms with E-state index < -0.39 is 5.97 Å². The van der Waals surface area contributed by atoms with E-state index in [1.165, 1.54) is 0 Å². The molecule has 0 aromatic carbocycles. The number of nitrogens with zero attached hydrogens (tertiary/aromatic N) is 2. The summed E-state index contributed by atoms with van der Waals surface area (Å²) in [5.74, 6) is -0.723. The zero-order chi connectivity index (χ0) is 9.14. The van der Waals surface area contributed by atoms with E-state index in [1.807, 2.05) is 4.90 Å². The summed E-state index contributed by atoms with van der Waals surface area (Å²) in [5.41, 5.74) is 0. The number of likely N-dealkylation sites (N-methyl/N-ethyl adjacent to an activating group) is 1. The van der Waals surface area contributed by atoms with Gasteiger partial charge in [-0.2, -0.15) is 0 Å². The van der Waals surface area contributed by atoms with Crippen molar-refractivity contribution >= 4 is 5.97 Å². The first-order chi connectivity index (χ1) is 5.61. The summed E-state index contributed by atoms with van der Waals surface area (Å²) in [6.45, 7) is 5.41. The molecule has 70 valence electrons. The third kappa shape index (κ3) is 2.19. The molecule has 0 aromatic rings. The molecule has 1 N–H and O–H groups in total. The van der Waals surface area contributed by atoms with Gasteiger partial charge in [-0.05, 0) is 14.0 Å². The first-order valence-corrected chi connectivity index (χ1v) is 4.26. The van der Waals surface area contributed by atoms with Gasteiger partial charge in [0.05, 0.1) is 0 Å². The van der Waals surface area contributed by atoms with Crippen molar-refractivity contribution in [1.82, 2.24) is 9.80 Å². The van der Waals surface area contributed by atoms with Crippen molar-refractivity contribution in [2.45, 2.75) is 13.0 Å². The maximum atomic E-state index is 10.6. The zero-order valence-electron chi connectivity index (χ0n) is 7.66. The van der Waals surface area contributed by atoms with Gasteiger partial charge in [-0.3, -0.25) is 9.69 Å². The Balaban J connectivity index is 2.39. The topological polar surface area (TPSA) is 43.8 Å². The Morgan fingerprint density at radius 3 is 2.25 bits per heavy atom. The van der Waals surface area contributed by atoms with Crippen molar-refractivity contribution in [2.24, 2.45) is 0 Å². The molecule has 1 aliphatic heterocycles. The van der Waals surface area contributed by atoms with Crippen molar-refractivity contribution < 1.29 is 9.90 Å². The summed E-state index contributed by atoms with van der Waals surface area (Å²) in [7, 11) is 2.06. The minimum Gasteiger partial charge on any atom is -0.480 e. The summed E-state index contributed by atoms with van der Waals surface area (Å²) in [5, 5.41) is 8.74. The number of carboxylic acids is 1. The molecule has 0 aromatic heterocycles. The highest BCUT2D eigenvalue weighted by molar-refractivity contribution is 5.72. The Kier molecular flexibility index (Phi) is 3.05. The minimum absolute atomic E-state index is 0.335. The molecule has 1 fully saturated rings. The number of hydrogen-bond donors (Lipinski definition) is 1. The lowest BCUT2D eigenvalue weighted by molar-refractivity contribution is -0.143. The summed E-state index contributed by atoms with van der Waals surface area (Å²) in [4.78, 5) is 14.8. The van der Waals surface area contributed by atoms with Crippen LogP contribution in [0.4, 0.5) is 0 Å². The molecule has 4 heteroatoms. The van der Waals surface area contributed by atoms with Gasteiger partial charge in [0.15, 0.2) is 0 Å². The molecule has 1 atom stereocenters. The van der Waals surface area contributed by atoms with Crippen LogP contribution in [0.25, 0.3) is 0 Å². The van der Waals surface area contributed by atoms with E-state index in [4.69, 9.17) is 5.11 Å². The van der Waals surface area contributed by atoms with Crippen molar-refractivity contribution in [3.8, 4) is 0 Å². The smallest absolute Gasteiger partial charge is 0.320 e. The van der Waals surface area contributed by atoms with Crippen LogP contribution in [0.3, 0.4) is 0 Å². The predicted octanol–water partition coefficient (Wildman–Crippen LogP) is -0.293. The number of carbonyl (C=O) groups is 1. The fourth-order valence-electron chi connectivity index (χ4n) is 1.37. The average molecular weight is 172 g/mol. The third-order valence-corrected chi connectivity index (χ3v) is 2.44. The van der Waals surface area contributed by atoms with Gasteiger partial charge in [0.25, 0.3) is 0 Å². The van der Waals surface area contributed by atoms with Crippen LogP contribution in [0, 0.1) is 0 Å². The van der Waals surface area contributed by atoms with E-state index >= 15 is 0 Å². The molecule has 0 amide bonds. The number of rotatable bonds is 2. The van der Waals surface area contributed by atoms with E-state index in [1.54, 1.807) is 6.92 Å². The van der Waals surface area contributed by atoms with Gasteiger partial charge in [-0.1, -0.05) is 0 Å². The molecule has 1 saturated heterocycles. The highest BCUT2D eigenvalue weighted by Crippen LogP contribution is 2.04. The fourth-order valence-corrected chi connectivity index (χ4v) is 1.37. The Labute approximate surface area is 72.8 Å². The Hall–Kier alpha value is -0.610. The standard InChI is InChI=1S/C8H16N2O2/c1-7(8(11)12)10-5-3-9(2)4-6-10/h7H,3-6H2,1-2H3,(H,11,12)/t7-/m0/s1. The van der Waals surface area contributed by atoms with E-state index in [9.17, 15) is 4.79 Å². The molecule has 1 rings (SSSR count). The Morgan fingerprint density at radius 1 is 1.33 bits per heavy atom. The summed E-state index contributed by atoms with van der Waals surface area (Å²) < 4.78 is 0. The quantitative estimate of drug-likeness (QED) is 0.621. The second-order valence-electron chi connectivity index (χ2n) is 3.35. The normalized spacial score (nSPS) is 23.8. The van der Waals surface area contributed by atoms with Crippen molar-refractivity contribution in [3.63, 3.8) is 0 Å². The number of aliphatic carboxylic acids is 1. The van der Waals surface area contributed by atoms with E-state index in [0.717, 1.165) is 26.2 Å². The van der Waals surface area contributed by atoms with Gasteiger partial charge in [-0.25, -0.2) is 0 Å². The van der Waals surface area contributed by atoms with Gasteiger partial charge in [0.2, 0.25) is 0 Å². The number of piperazine rings is 1. The second kappa shape index (κ2) is 3.87. The summed E-state index contributed by atoms with van der Waals surface area (Å²) in [6, 6.07) is -0.335.